The molecule has 14 heavy (non-hydrogen) atoms. The molecule has 0 aliphatic heterocycles. The van der Waals surface area contributed by atoms with Crippen LogP contribution in [0.4, 0.5) is 0 Å². The fourth-order valence-electron chi connectivity index (χ4n) is 2.28. The first-order valence-electron chi connectivity index (χ1n) is 5.70. The van der Waals surface area contributed by atoms with Crippen LogP contribution in [-0.2, 0) is 0 Å². The van der Waals surface area contributed by atoms with Gasteiger partial charge in [-0.1, -0.05) is 26.2 Å². The highest BCUT2D eigenvalue weighted by Gasteiger charge is 2.33. The molecule has 1 atom stereocenters. The molecule has 2 heteroatoms. The SMILES string of the molecule is [CH2]C(O)(CC(=N)CC)C1CCCCC1. The summed E-state index contributed by atoms with van der Waals surface area (Å²) in [5, 5.41) is 17.8. The molecule has 2 N–H and O–H groups in total. The third kappa shape index (κ3) is 3.09. The monoisotopic (exact) mass is 196 g/mol. The minimum atomic E-state index is -0.881. The van der Waals surface area contributed by atoms with E-state index < -0.39 is 5.60 Å². The third-order valence-electron chi connectivity index (χ3n) is 3.31. The van der Waals surface area contributed by atoms with Crippen LogP contribution in [0, 0.1) is 18.3 Å². The summed E-state index contributed by atoms with van der Waals surface area (Å²) in [6.45, 7) is 5.85. The van der Waals surface area contributed by atoms with Crippen LogP contribution in [0.1, 0.15) is 51.9 Å². The summed E-state index contributed by atoms with van der Waals surface area (Å²) in [7, 11) is 0. The Bertz CT molecular complexity index is 192. The minimum absolute atomic E-state index is 0.308. The molecule has 1 aliphatic rings. The van der Waals surface area contributed by atoms with Gasteiger partial charge in [0.25, 0.3) is 0 Å². The predicted octanol–water partition coefficient (Wildman–Crippen LogP) is 2.95. The molecule has 1 aliphatic carbocycles. The van der Waals surface area contributed by atoms with Gasteiger partial charge in [-0.3, -0.25) is 0 Å². The van der Waals surface area contributed by atoms with Gasteiger partial charge in [0.1, 0.15) is 0 Å². The van der Waals surface area contributed by atoms with Gasteiger partial charge in [0.2, 0.25) is 0 Å². The van der Waals surface area contributed by atoms with Crippen LogP contribution < -0.4 is 0 Å². The van der Waals surface area contributed by atoms with Crippen LogP contribution >= 0.6 is 0 Å². The Morgan fingerprint density at radius 3 is 2.50 bits per heavy atom. The second kappa shape index (κ2) is 4.92. The molecule has 0 aromatic heterocycles. The second-order valence-electron chi connectivity index (χ2n) is 4.57. The van der Waals surface area contributed by atoms with Gasteiger partial charge in [-0.2, -0.15) is 0 Å². The van der Waals surface area contributed by atoms with E-state index >= 15 is 0 Å². The maximum Gasteiger partial charge on any atom is 0.0728 e. The summed E-state index contributed by atoms with van der Waals surface area (Å²) in [5.41, 5.74) is -0.263. The highest BCUT2D eigenvalue weighted by Crippen LogP contribution is 2.34. The highest BCUT2D eigenvalue weighted by atomic mass is 16.3. The van der Waals surface area contributed by atoms with E-state index in [4.69, 9.17) is 5.41 Å². The fourth-order valence-corrected chi connectivity index (χ4v) is 2.28. The lowest BCUT2D eigenvalue weighted by molar-refractivity contribution is 0.0140. The van der Waals surface area contributed by atoms with Gasteiger partial charge in [-0.15, -0.1) is 0 Å². The molecule has 0 bridgehead atoms. The van der Waals surface area contributed by atoms with Crippen molar-refractivity contribution in [1.29, 1.82) is 5.41 Å². The first-order chi connectivity index (χ1) is 6.56. The summed E-state index contributed by atoms with van der Waals surface area (Å²) < 4.78 is 0. The first kappa shape index (κ1) is 11.7. The highest BCUT2D eigenvalue weighted by molar-refractivity contribution is 5.82. The first-order valence-corrected chi connectivity index (χ1v) is 5.70. The zero-order valence-electron chi connectivity index (χ0n) is 9.18. The van der Waals surface area contributed by atoms with Crippen LogP contribution in [0.25, 0.3) is 0 Å². The van der Waals surface area contributed by atoms with Crippen molar-refractivity contribution in [3.63, 3.8) is 0 Å². The van der Waals surface area contributed by atoms with Crippen LogP contribution in [0.5, 0.6) is 0 Å². The van der Waals surface area contributed by atoms with Gasteiger partial charge in [0.05, 0.1) is 5.60 Å². The summed E-state index contributed by atoms with van der Waals surface area (Å²) in [4.78, 5) is 0. The molecule has 1 saturated carbocycles. The number of aliphatic hydroxyl groups is 1. The Kier molecular flexibility index (Phi) is 4.11. The fraction of sp³-hybridized carbons (Fsp3) is 0.833. The van der Waals surface area contributed by atoms with Crippen molar-refractivity contribution in [3.8, 4) is 0 Å². The van der Waals surface area contributed by atoms with Crippen molar-refractivity contribution >= 4 is 5.71 Å². The molecule has 1 rings (SSSR count). The van der Waals surface area contributed by atoms with E-state index in [2.05, 4.69) is 6.92 Å². The molecule has 1 fully saturated rings. The van der Waals surface area contributed by atoms with E-state index in [0.29, 0.717) is 18.1 Å². The standard InChI is InChI=1S/C12H22NO/c1-3-11(13)9-12(2,14)10-7-5-4-6-8-10/h10,13-14H,2-9H2,1H3. The molecular formula is C12H22NO. The number of rotatable bonds is 4. The van der Waals surface area contributed by atoms with Crippen LogP contribution in [-0.4, -0.2) is 16.4 Å². The maximum atomic E-state index is 10.2. The van der Waals surface area contributed by atoms with E-state index in [1.54, 1.807) is 0 Å². The lowest BCUT2D eigenvalue weighted by Crippen LogP contribution is -2.38. The number of nitrogens with one attached hydrogen (secondary N) is 1. The Morgan fingerprint density at radius 2 is 2.00 bits per heavy atom. The van der Waals surface area contributed by atoms with Gasteiger partial charge in [-0.25, -0.2) is 0 Å². The van der Waals surface area contributed by atoms with Crippen LogP contribution in [0.2, 0.25) is 0 Å². The molecular weight excluding hydrogens is 174 g/mol. The summed E-state index contributed by atoms with van der Waals surface area (Å²) in [6.07, 6.45) is 7.05. The van der Waals surface area contributed by atoms with Crippen LogP contribution in [0.3, 0.4) is 0 Å². The number of hydrogen-bond donors (Lipinski definition) is 2. The van der Waals surface area contributed by atoms with Crippen molar-refractivity contribution < 1.29 is 5.11 Å². The quantitative estimate of drug-likeness (QED) is 0.667. The Hall–Kier alpha value is -0.370. The zero-order chi connectivity index (χ0) is 10.6. The second-order valence-corrected chi connectivity index (χ2v) is 4.57. The molecule has 1 unspecified atom stereocenters. The van der Waals surface area contributed by atoms with E-state index in [9.17, 15) is 5.11 Å². The van der Waals surface area contributed by atoms with E-state index in [-0.39, 0.29) is 0 Å². The zero-order valence-corrected chi connectivity index (χ0v) is 9.18. The van der Waals surface area contributed by atoms with Crippen molar-refractivity contribution in [2.24, 2.45) is 5.92 Å². The van der Waals surface area contributed by atoms with Gasteiger partial charge < -0.3 is 10.5 Å². The molecule has 0 aromatic rings. The maximum absolute atomic E-state index is 10.2. The van der Waals surface area contributed by atoms with Crippen molar-refractivity contribution in [2.75, 3.05) is 0 Å². The summed E-state index contributed by atoms with van der Waals surface area (Å²) in [6, 6.07) is 0. The third-order valence-corrected chi connectivity index (χ3v) is 3.31. The van der Waals surface area contributed by atoms with Gasteiger partial charge in [-0.05, 0) is 32.1 Å². The Morgan fingerprint density at radius 1 is 1.43 bits per heavy atom. The number of hydrogen-bond acceptors (Lipinski definition) is 2. The topological polar surface area (TPSA) is 44.1 Å². The van der Waals surface area contributed by atoms with E-state index in [1.807, 2.05) is 6.92 Å². The largest absolute Gasteiger partial charge is 0.389 e. The van der Waals surface area contributed by atoms with Gasteiger partial charge in [0, 0.05) is 12.1 Å². The smallest absolute Gasteiger partial charge is 0.0728 e. The molecule has 0 spiro atoms. The average molecular weight is 196 g/mol. The molecule has 0 heterocycles. The van der Waals surface area contributed by atoms with Crippen LogP contribution in [0.15, 0.2) is 0 Å². The van der Waals surface area contributed by atoms with E-state index in [1.165, 1.54) is 19.3 Å². The normalized spacial score (nSPS) is 23.1. The molecule has 2 nitrogen and oxygen atoms in total. The average Bonchev–Trinajstić information content (AvgIpc) is 2.18. The minimum Gasteiger partial charge on any atom is -0.389 e. The Balaban J connectivity index is 2.49. The lowest BCUT2D eigenvalue weighted by Gasteiger charge is -2.35. The molecule has 1 radical (unpaired) electrons. The summed E-state index contributed by atoms with van der Waals surface area (Å²) >= 11 is 0. The molecule has 0 amide bonds. The predicted molar refractivity (Wildman–Crippen MR) is 59.5 cm³/mol. The summed E-state index contributed by atoms with van der Waals surface area (Å²) in [5.74, 6) is 0.308. The molecule has 0 aromatic carbocycles. The van der Waals surface area contributed by atoms with Gasteiger partial charge >= 0.3 is 0 Å². The van der Waals surface area contributed by atoms with Crippen molar-refractivity contribution in [2.45, 2.75) is 57.5 Å². The Labute approximate surface area is 87.2 Å². The molecule has 0 saturated heterocycles. The van der Waals surface area contributed by atoms with Crippen molar-refractivity contribution in [3.05, 3.63) is 6.92 Å². The van der Waals surface area contributed by atoms with Crippen molar-refractivity contribution in [1.82, 2.24) is 0 Å². The lowest BCUT2D eigenvalue weighted by atomic mass is 9.75. The molecule has 81 valence electrons. The van der Waals surface area contributed by atoms with Gasteiger partial charge in [0.15, 0.2) is 0 Å². The van der Waals surface area contributed by atoms with E-state index in [0.717, 1.165) is 19.3 Å².